The second-order valence-electron chi connectivity index (χ2n) is 5.67. The molecule has 20 heavy (non-hydrogen) atoms. The van der Waals surface area contributed by atoms with Crippen LogP contribution in [0.25, 0.3) is 11.0 Å². The molecule has 4 heteroatoms. The minimum atomic E-state index is 0.665. The van der Waals surface area contributed by atoms with Crippen LogP contribution in [0.2, 0.25) is 0 Å². The molecule has 0 atom stereocenters. The van der Waals surface area contributed by atoms with Gasteiger partial charge in [-0.3, -0.25) is 0 Å². The molecule has 1 saturated carbocycles. The number of para-hydroxylation sites is 2. The predicted octanol–water partition coefficient (Wildman–Crippen LogP) is 3.34. The van der Waals surface area contributed by atoms with Crippen LogP contribution in [0.1, 0.15) is 31.5 Å². The van der Waals surface area contributed by atoms with E-state index in [1.54, 1.807) is 0 Å². The number of hydrogen-bond acceptors (Lipinski definition) is 3. The van der Waals surface area contributed by atoms with Gasteiger partial charge in [0, 0.05) is 18.3 Å². The van der Waals surface area contributed by atoms with Crippen LogP contribution in [0.15, 0.2) is 24.3 Å². The van der Waals surface area contributed by atoms with Crippen molar-refractivity contribution in [3.63, 3.8) is 0 Å². The molecule has 0 radical (unpaired) electrons. The maximum atomic E-state index is 4.72. The first-order valence-corrected chi connectivity index (χ1v) is 8.73. The monoisotopic (exact) mass is 289 g/mol. The normalized spacial score (nSPS) is 23.3. The van der Waals surface area contributed by atoms with E-state index in [0.717, 1.165) is 23.1 Å². The fourth-order valence-corrected chi connectivity index (χ4v) is 3.84. The van der Waals surface area contributed by atoms with Crippen LogP contribution in [0.5, 0.6) is 0 Å². The highest BCUT2D eigenvalue weighted by Gasteiger charge is 2.20. The second-order valence-corrected chi connectivity index (χ2v) is 6.80. The smallest absolute Gasteiger partial charge is 0.123 e. The number of nitrogens with zero attached hydrogens (tertiary/aromatic N) is 2. The molecule has 1 fully saturated rings. The molecule has 3 nitrogen and oxygen atoms in total. The van der Waals surface area contributed by atoms with E-state index >= 15 is 0 Å². The van der Waals surface area contributed by atoms with Crippen LogP contribution < -0.4 is 5.32 Å². The van der Waals surface area contributed by atoms with Crippen LogP contribution in [-0.2, 0) is 13.6 Å². The molecule has 1 heterocycles. The van der Waals surface area contributed by atoms with Gasteiger partial charge in [0.25, 0.3) is 0 Å². The molecule has 108 valence electrons. The summed E-state index contributed by atoms with van der Waals surface area (Å²) in [7, 11) is 2.11. The van der Waals surface area contributed by atoms with Crippen LogP contribution >= 0.6 is 11.8 Å². The summed E-state index contributed by atoms with van der Waals surface area (Å²) in [6.07, 6.45) is 7.53. The molecule has 0 bridgehead atoms. The van der Waals surface area contributed by atoms with Crippen LogP contribution in [0.3, 0.4) is 0 Å². The summed E-state index contributed by atoms with van der Waals surface area (Å²) in [5.74, 6) is 1.14. The SMILES string of the molecule is CSC1CCC(NCc2nc3ccccc3n2C)CC1. The lowest BCUT2D eigenvalue weighted by Gasteiger charge is -2.28. The Bertz CT molecular complexity index is 570. The van der Waals surface area contributed by atoms with E-state index in [1.165, 1.54) is 31.2 Å². The van der Waals surface area contributed by atoms with Gasteiger partial charge in [-0.2, -0.15) is 11.8 Å². The molecule has 3 rings (SSSR count). The molecule has 1 aromatic heterocycles. The van der Waals surface area contributed by atoms with E-state index in [1.807, 2.05) is 11.8 Å². The number of nitrogens with one attached hydrogen (secondary N) is 1. The third-order valence-electron chi connectivity index (χ3n) is 4.44. The Morgan fingerprint density at radius 1 is 1.25 bits per heavy atom. The van der Waals surface area contributed by atoms with Gasteiger partial charge in [-0.1, -0.05) is 12.1 Å². The van der Waals surface area contributed by atoms with E-state index in [2.05, 4.69) is 47.5 Å². The molecular formula is C16H23N3S. The molecule has 0 saturated heterocycles. The first kappa shape index (κ1) is 14.0. The average Bonchev–Trinajstić information content (AvgIpc) is 2.83. The molecule has 2 aromatic rings. The van der Waals surface area contributed by atoms with Gasteiger partial charge in [-0.15, -0.1) is 0 Å². The van der Waals surface area contributed by atoms with Crippen molar-refractivity contribution in [1.29, 1.82) is 0 Å². The number of fused-ring (bicyclic) bond motifs is 1. The maximum Gasteiger partial charge on any atom is 0.123 e. The summed E-state index contributed by atoms with van der Waals surface area (Å²) in [5.41, 5.74) is 2.31. The van der Waals surface area contributed by atoms with Gasteiger partial charge < -0.3 is 9.88 Å². The standard InChI is InChI=1S/C16H23N3S/c1-19-15-6-4-3-5-14(15)18-16(19)11-17-12-7-9-13(20-2)10-8-12/h3-6,12-13,17H,7-11H2,1-2H3. The highest BCUT2D eigenvalue weighted by atomic mass is 32.2. The zero-order chi connectivity index (χ0) is 13.9. The van der Waals surface area contributed by atoms with E-state index < -0.39 is 0 Å². The highest BCUT2D eigenvalue weighted by Crippen LogP contribution is 2.27. The molecule has 0 spiro atoms. The van der Waals surface area contributed by atoms with Crippen molar-refractivity contribution in [1.82, 2.24) is 14.9 Å². The predicted molar refractivity (Wildman–Crippen MR) is 87.1 cm³/mol. The molecule has 0 amide bonds. The number of thioether (sulfide) groups is 1. The summed E-state index contributed by atoms with van der Waals surface area (Å²) >= 11 is 2.02. The van der Waals surface area contributed by atoms with Crippen LogP contribution in [0, 0.1) is 0 Å². The molecule has 1 aliphatic rings. The molecule has 1 aliphatic carbocycles. The minimum absolute atomic E-state index is 0.665. The average molecular weight is 289 g/mol. The van der Waals surface area contributed by atoms with E-state index in [4.69, 9.17) is 4.98 Å². The second kappa shape index (κ2) is 6.19. The Morgan fingerprint density at radius 3 is 2.70 bits per heavy atom. The summed E-state index contributed by atoms with van der Waals surface area (Å²) in [5, 5.41) is 4.57. The Kier molecular flexibility index (Phi) is 4.32. The minimum Gasteiger partial charge on any atom is -0.330 e. The van der Waals surface area contributed by atoms with Gasteiger partial charge in [0.15, 0.2) is 0 Å². The third kappa shape index (κ3) is 2.86. The highest BCUT2D eigenvalue weighted by molar-refractivity contribution is 7.99. The van der Waals surface area contributed by atoms with Gasteiger partial charge >= 0.3 is 0 Å². The number of imidazole rings is 1. The topological polar surface area (TPSA) is 29.9 Å². The molecular weight excluding hydrogens is 266 g/mol. The maximum absolute atomic E-state index is 4.72. The number of aromatic nitrogens is 2. The van der Waals surface area contributed by atoms with Gasteiger partial charge in [0.2, 0.25) is 0 Å². The van der Waals surface area contributed by atoms with Crippen LogP contribution in [-0.4, -0.2) is 27.1 Å². The summed E-state index contributed by atoms with van der Waals surface area (Å²) in [4.78, 5) is 4.72. The first-order valence-electron chi connectivity index (χ1n) is 7.44. The first-order chi connectivity index (χ1) is 9.78. The van der Waals surface area contributed by atoms with Crippen molar-refractivity contribution in [3.8, 4) is 0 Å². The van der Waals surface area contributed by atoms with Gasteiger partial charge in [0.1, 0.15) is 5.82 Å². The fraction of sp³-hybridized carbons (Fsp3) is 0.562. The Morgan fingerprint density at radius 2 is 2.00 bits per heavy atom. The van der Waals surface area contributed by atoms with E-state index in [0.29, 0.717) is 6.04 Å². The van der Waals surface area contributed by atoms with Crippen molar-refractivity contribution < 1.29 is 0 Å². The lowest BCUT2D eigenvalue weighted by Crippen LogP contribution is -2.34. The Hall–Kier alpha value is -1.00. The van der Waals surface area contributed by atoms with Gasteiger partial charge in [-0.05, 0) is 44.1 Å². The lowest BCUT2D eigenvalue weighted by molar-refractivity contribution is 0.374. The summed E-state index contributed by atoms with van der Waals surface area (Å²) in [6, 6.07) is 9.01. The summed E-state index contributed by atoms with van der Waals surface area (Å²) < 4.78 is 2.20. The van der Waals surface area contributed by atoms with E-state index in [9.17, 15) is 0 Å². The van der Waals surface area contributed by atoms with Crippen molar-refractivity contribution in [2.75, 3.05) is 6.26 Å². The van der Waals surface area contributed by atoms with Crippen LogP contribution in [0.4, 0.5) is 0 Å². The van der Waals surface area contributed by atoms with Crippen molar-refractivity contribution >= 4 is 22.8 Å². The van der Waals surface area contributed by atoms with Crippen molar-refractivity contribution in [2.45, 2.75) is 43.5 Å². The number of benzene rings is 1. The molecule has 1 aromatic carbocycles. The quantitative estimate of drug-likeness (QED) is 0.936. The van der Waals surface area contributed by atoms with E-state index in [-0.39, 0.29) is 0 Å². The third-order valence-corrected chi connectivity index (χ3v) is 5.57. The Balaban J connectivity index is 1.61. The lowest BCUT2D eigenvalue weighted by atomic mass is 9.95. The fourth-order valence-electron chi connectivity index (χ4n) is 3.09. The zero-order valence-corrected chi connectivity index (χ0v) is 13.1. The zero-order valence-electron chi connectivity index (χ0n) is 12.3. The van der Waals surface area contributed by atoms with Gasteiger partial charge in [-0.25, -0.2) is 4.98 Å². The largest absolute Gasteiger partial charge is 0.330 e. The number of aryl methyl sites for hydroxylation is 1. The molecule has 0 unspecified atom stereocenters. The van der Waals surface area contributed by atoms with Crippen molar-refractivity contribution in [3.05, 3.63) is 30.1 Å². The number of hydrogen-bond donors (Lipinski definition) is 1. The Labute approximate surface area is 125 Å². The summed E-state index contributed by atoms with van der Waals surface area (Å²) in [6.45, 7) is 0.875. The van der Waals surface area contributed by atoms with Gasteiger partial charge in [0.05, 0.1) is 17.6 Å². The molecule has 0 aliphatic heterocycles. The molecule has 1 N–H and O–H groups in total. The number of rotatable bonds is 4. The van der Waals surface area contributed by atoms with Crippen molar-refractivity contribution in [2.24, 2.45) is 7.05 Å².